The van der Waals surface area contributed by atoms with Crippen LogP contribution in [0.15, 0.2) is 36.2 Å². The largest absolute Gasteiger partial charge is 0.351 e. The Morgan fingerprint density at radius 1 is 1.13 bits per heavy atom. The summed E-state index contributed by atoms with van der Waals surface area (Å²) in [5, 5.41) is 8.54. The van der Waals surface area contributed by atoms with Gasteiger partial charge in [0.25, 0.3) is 5.91 Å². The van der Waals surface area contributed by atoms with E-state index in [1.807, 2.05) is 19.9 Å². The van der Waals surface area contributed by atoms with Crippen LogP contribution in [-0.4, -0.2) is 25.8 Å². The lowest BCUT2D eigenvalue weighted by atomic mass is 10.2. The summed E-state index contributed by atoms with van der Waals surface area (Å²) >= 11 is 1.47. The molecular weight excluding hydrogens is 312 g/mol. The molecule has 0 bridgehead atoms. The van der Waals surface area contributed by atoms with Crippen LogP contribution < -0.4 is 10.6 Å². The highest BCUT2D eigenvalue weighted by Gasteiger charge is 2.15. The van der Waals surface area contributed by atoms with E-state index in [0.717, 1.165) is 10.7 Å². The molecule has 0 radical (unpaired) electrons. The Morgan fingerprint density at radius 3 is 2.61 bits per heavy atom. The maximum atomic E-state index is 12.5. The molecule has 23 heavy (non-hydrogen) atoms. The third kappa shape index (κ3) is 3.67. The average molecular weight is 326 g/mol. The van der Waals surface area contributed by atoms with Crippen molar-refractivity contribution in [1.82, 2.24) is 19.9 Å². The Balaban J connectivity index is 1.88. The molecule has 0 spiro atoms. The minimum atomic E-state index is -0.321. The number of carbonyl (C=O) groups is 1. The summed E-state index contributed by atoms with van der Waals surface area (Å²) in [4.78, 5) is 28.9. The van der Waals surface area contributed by atoms with Crippen LogP contribution in [0.25, 0.3) is 0 Å². The standard InChI is InChI=1S/C15H14N6OS/c1-9-3-4-12(20-11-5-16-8-17-6-11)14(18-9)15(22)21-13-7-23-10(2)19-13/h3-8,20H,1-2H3,(H,21,22). The van der Waals surface area contributed by atoms with Gasteiger partial charge in [-0.1, -0.05) is 0 Å². The fraction of sp³-hybridized carbons (Fsp3) is 0.133. The van der Waals surface area contributed by atoms with Crippen molar-refractivity contribution in [1.29, 1.82) is 0 Å². The van der Waals surface area contributed by atoms with Gasteiger partial charge < -0.3 is 10.6 Å². The summed E-state index contributed by atoms with van der Waals surface area (Å²) < 4.78 is 0. The first-order chi connectivity index (χ1) is 11.1. The summed E-state index contributed by atoms with van der Waals surface area (Å²) in [6, 6.07) is 3.63. The molecule has 2 N–H and O–H groups in total. The van der Waals surface area contributed by atoms with Crippen LogP contribution in [0.3, 0.4) is 0 Å². The third-order valence-corrected chi connectivity index (χ3v) is 3.72. The number of aromatic nitrogens is 4. The van der Waals surface area contributed by atoms with Gasteiger partial charge >= 0.3 is 0 Å². The Morgan fingerprint density at radius 2 is 1.91 bits per heavy atom. The molecule has 0 saturated heterocycles. The van der Waals surface area contributed by atoms with Crippen molar-refractivity contribution >= 4 is 34.4 Å². The number of pyridine rings is 1. The van der Waals surface area contributed by atoms with Gasteiger partial charge in [-0.2, -0.15) is 0 Å². The topological polar surface area (TPSA) is 92.7 Å². The van der Waals surface area contributed by atoms with Gasteiger partial charge in [-0.15, -0.1) is 11.3 Å². The molecule has 0 aliphatic heterocycles. The molecule has 1 amide bonds. The van der Waals surface area contributed by atoms with Crippen LogP contribution >= 0.6 is 11.3 Å². The molecule has 0 atom stereocenters. The van der Waals surface area contributed by atoms with Crippen molar-refractivity contribution in [2.24, 2.45) is 0 Å². The van der Waals surface area contributed by atoms with Crippen molar-refractivity contribution in [3.63, 3.8) is 0 Å². The molecule has 0 fully saturated rings. The average Bonchev–Trinajstić information content (AvgIpc) is 2.95. The van der Waals surface area contributed by atoms with Crippen LogP contribution in [-0.2, 0) is 0 Å². The number of carbonyl (C=O) groups excluding carboxylic acids is 1. The van der Waals surface area contributed by atoms with Crippen molar-refractivity contribution in [3.05, 3.63) is 52.6 Å². The van der Waals surface area contributed by atoms with Gasteiger partial charge in [0.2, 0.25) is 0 Å². The van der Waals surface area contributed by atoms with Crippen LogP contribution in [0.5, 0.6) is 0 Å². The van der Waals surface area contributed by atoms with Crippen LogP contribution in [0.4, 0.5) is 17.2 Å². The van der Waals surface area contributed by atoms with Crippen molar-refractivity contribution in [2.75, 3.05) is 10.6 Å². The molecule has 3 aromatic heterocycles. The number of nitrogens with zero attached hydrogens (tertiary/aromatic N) is 4. The summed E-state index contributed by atoms with van der Waals surface area (Å²) in [6.07, 6.45) is 4.69. The molecule has 0 aliphatic carbocycles. The van der Waals surface area contributed by atoms with Gasteiger partial charge in [-0.3, -0.25) is 4.79 Å². The summed E-state index contributed by atoms with van der Waals surface area (Å²) in [5.74, 6) is 0.202. The van der Waals surface area contributed by atoms with Crippen LogP contribution in [0.1, 0.15) is 21.2 Å². The van der Waals surface area contributed by atoms with Gasteiger partial charge in [-0.05, 0) is 26.0 Å². The van der Waals surface area contributed by atoms with E-state index < -0.39 is 0 Å². The quantitative estimate of drug-likeness (QED) is 0.766. The number of thiazole rings is 1. The van der Waals surface area contributed by atoms with E-state index in [4.69, 9.17) is 0 Å². The zero-order valence-electron chi connectivity index (χ0n) is 12.6. The fourth-order valence-corrected chi connectivity index (χ4v) is 2.49. The van der Waals surface area contributed by atoms with Crippen LogP contribution in [0.2, 0.25) is 0 Å². The number of nitrogens with one attached hydrogen (secondary N) is 2. The Labute approximate surface area is 136 Å². The first-order valence-electron chi connectivity index (χ1n) is 6.85. The smallest absolute Gasteiger partial charge is 0.277 e. The third-order valence-electron chi connectivity index (χ3n) is 2.95. The van der Waals surface area contributed by atoms with E-state index in [9.17, 15) is 4.79 Å². The number of anilines is 3. The number of rotatable bonds is 4. The van der Waals surface area contributed by atoms with E-state index >= 15 is 0 Å². The van der Waals surface area contributed by atoms with Crippen LogP contribution in [0, 0.1) is 13.8 Å². The summed E-state index contributed by atoms with van der Waals surface area (Å²) in [5.41, 5.74) is 2.30. The Kier molecular flexibility index (Phi) is 4.24. The summed E-state index contributed by atoms with van der Waals surface area (Å²) in [7, 11) is 0. The van der Waals surface area contributed by atoms with Crippen molar-refractivity contribution < 1.29 is 4.79 Å². The number of amides is 1. The lowest BCUT2D eigenvalue weighted by Gasteiger charge is -2.11. The highest BCUT2D eigenvalue weighted by Crippen LogP contribution is 2.21. The van der Waals surface area contributed by atoms with Gasteiger partial charge in [0, 0.05) is 11.1 Å². The maximum absolute atomic E-state index is 12.5. The van der Waals surface area contributed by atoms with E-state index in [2.05, 4.69) is 30.6 Å². The minimum Gasteiger partial charge on any atom is -0.351 e. The Bertz CT molecular complexity index is 833. The molecule has 7 nitrogen and oxygen atoms in total. The second-order valence-corrected chi connectivity index (χ2v) is 5.87. The molecular formula is C15H14N6OS. The molecule has 0 aliphatic rings. The second kappa shape index (κ2) is 6.49. The molecule has 3 aromatic rings. The van der Waals surface area contributed by atoms with Gasteiger partial charge in [0.15, 0.2) is 5.69 Å². The molecule has 3 heterocycles. The first kappa shape index (κ1) is 15.0. The van der Waals surface area contributed by atoms with Crippen molar-refractivity contribution in [3.8, 4) is 0 Å². The zero-order valence-corrected chi connectivity index (χ0v) is 13.4. The lowest BCUT2D eigenvalue weighted by molar-refractivity contribution is 0.102. The van der Waals surface area contributed by atoms with Gasteiger partial charge in [0.05, 0.1) is 28.8 Å². The predicted octanol–water partition coefficient (Wildman–Crippen LogP) is 2.94. The minimum absolute atomic E-state index is 0.291. The maximum Gasteiger partial charge on any atom is 0.277 e. The normalized spacial score (nSPS) is 10.3. The molecule has 0 unspecified atom stereocenters. The highest BCUT2D eigenvalue weighted by atomic mass is 32.1. The molecule has 116 valence electrons. The Hall–Kier alpha value is -2.87. The van der Waals surface area contributed by atoms with Gasteiger partial charge in [0.1, 0.15) is 12.1 Å². The number of aryl methyl sites for hydroxylation is 2. The number of hydrogen-bond donors (Lipinski definition) is 2. The van der Waals surface area contributed by atoms with Crippen molar-refractivity contribution in [2.45, 2.75) is 13.8 Å². The second-order valence-electron chi connectivity index (χ2n) is 4.81. The lowest BCUT2D eigenvalue weighted by Crippen LogP contribution is -2.16. The number of hydrogen-bond acceptors (Lipinski definition) is 7. The summed E-state index contributed by atoms with van der Waals surface area (Å²) in [6.45, 7) is 3.72. The highest BCUT2D eigenvalue weighted by molar-refractivity contribution is 7.09. The monoisotopic (exact) mass is 326 g/mol. The van der Waals surface area contributed by atoms with Gasteiger partial charge in [-0.25, -0.2) is 19.9 Å². The molecule has 8 heteroatoms. The van der Waals surface area contributed by atoms with E-state index in [-0.39, 0.29) is 5.91 Å². The molecule has 3 rings (SSSR count). The molecule has 0 saturated carbocycles. The van der Waals surface area contributed by atoms with E-state index in [1.54, 1.807) is 23.8 Å². The fourth-order valence-electron chi connectivity index (χ4n) is 1.95. The van der Waals surface area contributed by atoms with E-state index in [1.165, 1.54) is 17.7 Å². The molecule has 0 aromatic carbocycles. The first-order valence-corrected chi connectivity index (χ1v) is 7.73. The van der Waals surface area contributed by atoms with E-state index in [0.29, 0.717) is 22.9 Å². The predicted molar refractivity (Wildman–Crippen MR) is 89.1 cm³/mol. The SMILES string of the molecule is Cc1ccc(Nc2cncnc2)c(C(=O)Nc2csc(C)n2)n1. The zero-order chi connectivity index (χ0) is 16.2.